The first-order chi connectivity index (χ1) is 10.1. The van der Waals surface area contributed by atoms with Crippen LogP contribution in [0.3, 0.4) is 0 Å². The van der Waals surface area contributed by atoms with E-state index in [0.29, 0.717) is 12.8 Å². The van der Waals surface area contributed by atoms with Gasteiger partial charge in [-0.15, -0.1) is 0 Å². The maximum absolute atomic E-state index is 12.2. The van der Waals surface area contributed by atoms with Gasteiger partial charge >= 0.3 is 12.0 Å². The quantitative estimate of drug-likeness (QED) is 0.819. The molecule has 0 spiro atoms. The molecule has 2 amide bonds. The summed E-state index contributed by atoms with van der Waals surface area (Å²) in [7, 11) is 0. The molecule has 0 aromatic carbocycles. The molecule has 0 aromatic heterocycles. The van der Waals surface area contributed by atoms with Gasteiger partial charge in [0.25, 0.3) is 0 Å². The molecule has 1 heterocycles. The number of nitrogens with one attached hydrogen (secondary N) is 1. The Bertz CT molecular complexity index is 380. The highest BCUT2D eigenvalue weighted by molar-refractivity contribution is 5.79. The van der Waals surface area contributed by atoms with E-state index in [1.807, 2.05) is 4.90 Å². The third-order valence-electron chi connectivity index (χ3n) is 5.17. The first-order valence-corrected chi connectivity index (χ1v) is 8.33. The van der Waals surface area contributed by atoms with Crippen LogP contribution in [0.25, 0.3) is 0 Å². The molecule has 2 rings (SSSR count). The molecule has 1 saturated heterocycles. The number of carboxylic acid groups (broad SMARTS) is 1. The Balaban J connectivity index is 1.79. The van der Waals surface area contributed by atoms with E-state index in [1.54, 1.807) is 0 Å². The molecule has 1 unspecified atom stereocenters. The van der Waals surface area contributed by atoms with E-state index in [9.17, 15) is 14.7 Å². The summed E-state index contributed by atoms with van der Waals surface area (Å²) in [6.07, 6.45) is 8.10. The smallest absolute Gasteiger partial charge is 0.317 e. The molecular weight excluding hydrogens is 268 g/mol. The highest BCUT2D eigenvalue weighted by Crippen LogP contribution is 2.40. The van der Waals surface area contributed by atoms with Crippen molar-refractivity contribution in [3.63, 3.8) is 0 Å². The van der Waals surface area contributed by atoms with E-state index in [1.165, 1.54) is 19.3 Å². The topological polar surface area (TPSA) is 69.6 Å². The van der Waals surface area contributed by atoms with Gasteiger partial charge in [0.1, 0.15) is 0 Å². The predicted molar refractivity (Wildman–Crippen MR) is 81.1 cm³/mol. The molecule has 1 saturated carbocycles. The molecule has 5 nitrogen and oxygen atoms in total. The first kappa shape index (κ1) is 16.1. The second kappa shape index (κ2) is 7.14. The van der Waals surface area contributed by atoms with Crippen molar-refractivity contribution in [2.24, 2.45) is 11.3 Å². The summed E-state index contributed by atoms with van der Waals surface area (Å²) in [5.41, 5.74) is -0.702. The van der Waals surface area contributed by atoms with Crippen molar-refractivity contribution in [1.29, 1.82) is 0 Å². The van der Waals surface area contributed by atoms with E-state index >= 15 is 0 Å². The summed E-state index contributed by atoms with van der Waals surface area (Å²) in [6, 6.07) is -0.0836. The second-order valence-electron chi connectivity index (χ2n) is 6.67. The summed E-state index contributed by atoms with van der Waals surface area (Å²) < 4.78 is 0. The number of aliphatic carboxylic acids is 1. The van der Waals surface area contributed by atoms with Gasteiger partial charge in [-0.2, -0.15) is 0 Å². The minimum atomic E-state index is -0.770. The summed E-state index contributed by atoms with van der Waals surface area (Å²) >= 11 is 0. The van der Waals surface area contributed by atoms with Gasteiger partial charge in [-0.05, 0) is 38.0 Å². The van der Waals surface area contributed by atoms with E-state index in [2.05, 4.69) is 12.2 Å². The summed E-state index contributed by atoms with van der Waals surface area (Å²) in [5, 5.41) is 12.1. The highest BCUT2D eigenvalue weighted by atomic mass is 16.4. The normalized spacial score (nSPS) is 24.8. The van der Waals surface area contributed by atoms with E-state index < -0.39 is 11.4 Å². The number of urea groups is 1. The SMILES string of the molecule is CCCC1CCCN(C(=O)NCC2(C(=O)O)CCC2)CC1. The minimum Gasteiger partial charge on any atom is -0.481 e. The van der Waals surface area contributed by atoms with Gasteiger partial charge in [-0.1, -0.05) is 26.2 Å². The van der Waals surface area contributed by atoms with Crippen molar-refractivity contribution in [2.75, 3.05) is 19.6 Å². The number of amides is 2. The number of carbonyl (C=O) groups excluding carboxylic acids is 1. The Morgan fingerprint density at radius 2 is 2.00 bits per heavy atom. The minimum absolute atomic E-state index is 0.0836. The fourth-order valence-corrected chi connectivity index (χ4v) is 3.49. The average molecular weight is 296 g/mol. The van der Waals surface area contributed by atoms with Gasteiger partial charge in [-0.25, -0.2) is 4.79 Å². The van der Waals surface area contributed by atoms with Crippen LogP contribution < -0.4 is 5.32 Å². The van der Waals surface area contributed by atoms with Crippen molar-refractivity contribution >= 4 is 12.0 Å². The lowest BCUT2D eigenvalue weighted by Gasteiger charge is -2.38. The molecule has 1 atom stereocenters. The lowest BCUT2D eigenvalue weighted by molar-refractivity contribution is -0.153. The van der Waals surface area contributed by atoms with E-state index in [0.717, 1.165) is 38.3 Å². The first-order valence-electron chi connectivity index (χ1n) is 8.33. The number of nitrogens with zero attached hydrogens (tertiary/aromatic N) is 1. The molecule has 21 heavy (non-hydrogen) atoms. The van der Waals surface area contributed by atoms with Crippen LogP contribution in [-0.2, 0) is 4.79 Å². The van der Waals surface area contributed by atoms with Crippen LogP contribution in [0.1, 0.15) is 58.3 Å². The number of carbonyl (C=O) groups is 2. The Kier molecular flexibility index (Phi) is 5.48. The van der Waals surface area contributed by atoms with Crippen molar-refractivity contribution in [1.82, 2.24) is 10.2 Å². The van der Waals surface area contributed by atoms with Gasteiger partial charge in [0.2, 0.25) is 0 Å². The molecule has 2 fully saturated rings. The molecule has 1 aliphatic heterocycles. The van der Waals surface area contributed by atoms with Gasteiger partial charge in [-0.3, -0.25) is 4.79 Å². The molecule has 0 radical (unpaired) electrons. The molecule has 0 bridgehead atoms. The van der Waals surface area contributed by atoms with E-state index in [-0.39, 0.29) is 12.6 Å². The van der Waals surface area contributed by atoms with Crippen LogP contribution in [-0.4, -0.2) is 41.6 Å². The third-order valence-corrected chi connectivity index (χ3v) is 5.17. The van der Waals surface area contributed by atoms with Crippen LogP contribution in [0.4, 0.5) is 4.79 Å². The molecular formula is C16H28N2O3. The summed E-state index contributed by atoms with van der Waals surface area (Å²) in [6.45, 7) is 4.08. The van der Waals surface area contributed by atoms with Crippen molar-refractivity contribution in [2.45, 2.75) is 58.3 Å². The Morgan fingerprint density at radius 1 is 1.24 bits per heavy atom. The van der Waals surface area contributed by atoms with Gasteiger partial charge in [0.15, 0.2) is 0 Å². The average Bonchev–Trinajstić information content (AvgIpc) is 2.63. The fraction of sp³-hybridized carbons (Fsp3) is 0.875. The zero-order chi connectivity index (χ0) is 15.3. The van der Waals surface area contributed by atoms with Crippen molar-refractivity contribution in [3.8, 4) is 0 Å². The Labute approximate surface area is 127 Å². The van der Waals surface area contributed by atoms with E-state index in [4.69, 9.17) is 0 Å². The van der Waals surface area contributed by atoms with Crippen molar-refractivity contribution in [3.05, 3.63) is 0 Å². The van der Waals surface area contributed by atoms with Gasteiger partial charge < -0.3 is 15.3 Å². The van der Waals surface area contributed by atoms with Crippen LogP contribution >= 0.6 is 0 Å². The van der Waals surface area contributed by atoms with Crippen molar-refractivity contribution < 1.29 is 14.7 Å². The van der Waals surface area contributed by atoms with Gasteiger partial charge in [0.05, 0.1) is 5.41 Å². The summed E-state index contributed by atoms with van der Waals surface area (Å²) in [4.78, 5) is 25.4. The largest absolute Gasteiger partial charge is 0.481 e. The number of hydrogen-bond acceptors (Lipinski definition) is 2. The molecule has 120 valence electrons. The molecule has 0 aromatic rings. The number of likely N-dealkylation sites (tertiary alicyclic amines) is 1. The standard InChI is InChI=1S/C16H28N2O3/c1-2-5-13-6-3-10-18(11-7-13)15(21)17-12-16(14(19)20)8-4-9-16/h13H,2-12H2,1H3,(H,17,21)(H,19,20). The second-order valence-corrected chi connectivity index (χ2v) is 6.67. The highest BCUT2D eigenvalue weighted by Gasteiger charge is 2.44. The summed E-state index contributed by atoms with van der Waals surface area (Å²) in [5.74, 6) is -0.0299. The third kappa shape index (κ3) is 3.89. The number of rotatable bonds is 5. The maximum atomic E-state index is 12.2. The maximum Gasteiger partial charge on any atom is 0.317 e. The van der Waals surface area contributed by atoms with Crippen LogP contribution in [0.5, 0.6) is 0 Å². The zero-order valence-electron chi connectivity index (χ0n) is 13.1. The van der Waals surface area contributed by atoms with Crippen LogP contribution in [0.2, 0.25) is 0 Å². The fourth-order valence-electron chi connectivity index (χ4n) is 3.49. The zero-order valence-corrected chi connectivity index (χ0v) is 13.1. The Morgan fingerprint density at radius 3 is 2.57 bits per heavy atom. The molecule has 5 heteroatoms. The van der Waals surface area contributed by atoms with Crippen LogP contribution in [0.15, 0.2) is 0 Å². The monoisotopic (exact) mass is 296 g/mol. The van der Waals surface area contributed by atoms with Crippen LogP contribution in [0, 0.1) is 11.3 Å². The molecule has 1 aliphatic carbocycles. The number of carboxylic acids is 1. The predicted octanol–water partition coefficient (Wildman–Crippen LogP) is 2.85. The number of hydrogen-bond donors (Lipinski definition) is 2. The Hall–Kier alpha value is -1.26. The molecule has 2 N–H and O–H groups in total. The lowest BCUT2D eigenvalue weighted by Crippen LogP contribution is -2.50. The lowest BCUT2D eigenvalue weighted by atomic mass is 9.69. The molecule has 2 aliphatic rings. The van der Waals surface area contributed by atoms with Gasteiger partial charge in [0, 0.05) is 19.6 Å².